The van der Waals surface area contributed by atoms with Gasteiger partial charge in [0.2, 0.25) is 0 Å². The summed E-state index contributed by atoms with van der Waals surface area (Å²) in [5, 5.41) is 0. The summed E-state index contributed by atoms with van der Waals surface area (Å²) >= 11 is 4.93. The van der Waals surface area contributed by atoms with Crippen molar-refractivity contribution in [1.82, 2.24) is 0 Å². The first-order valence-corrected chi connectivity index (χ1v) is 4.43. The van der Waals surface area contributed by atoms with Crippen molar-refractivity contribution in [3.63, 3.8) is 0 Å². The van der Waals surface area contributed by atoms with Gasteiger partial charge in [0, 0.05) is 0 Å². The molecule has 0 heterocycles. The fourth-order valence-electron chi connectivity index (χ4n) is 0.904. The third-order valence-electron chi connectivity index (χ3n) is 1.50. The van der Waals surface area contributed by atoms with Crippen LogP contribution in [0, 0.1) is 0 Å². The Bertz CT molecular complexity index is 306. The van der Waals surface area contributed by atoms with Gasteiger partial charge in [0.25, 0.3) is 0 Å². The molecule has 0 unspecified atom stereocenters. The van der Waals surface area contributed by atoms with Crippen LogP contribution >= 0.6 is 12.2 Å². The highest BCUT2D eigenvalue weighted by molar-refractivity contribution is 7.82. The number of rotatable bonds is 3. The molecule has 68 valence electrons. The molecular formula is C10H10O2S. The minimum absolute atomic E-state index is 0.238. The number of benzene rings is 1. The average Bonchev–Trinajstić information content (AvgIpc) is 2.18. The molecule has 0 atom stereocenters. The van der Waals surface area contributed by atoms with Crippen LogP contribution in [-0.2, 0) is 9.53 Å². The molecule has 0 bridgehead atoms. The monoisotopic (exact) mass is 194 g/mol. The van der Waals surface area contributed by atoms with E-state index < -0.39 is 5.97 Å². The summed E-state index contributed by atoms with van der Waals surface area (Å²) in [6.45, 7) is 2.11. The van der Waals surface area contributed by atoms with Crippen LogP contribution in [0.4, 0.5) is 0 Å². The lowest BCUT2D eigenvalue weighted by atomic mass is 10.1. The van der Waals surface area contributed by atoms with Crippen molar-refractivity contribution in [2.75, 3.05) is 6.61 Å². The minimum Gasteiger partial charge on any atom is -0.462 e. The van der Waals surface area contributed by atoms with Crippen molar-refractivity contribution in [1.29, 1.82) is 0 Å². The van der Waals surface area contributed by atoms with E-state index in [1.54, 1.807) is 19.1 Å². The number of carbonyl (C=O) groups is 1. The fraction of sp³-hybridized carbons (Fsp3) is 0.200. The lowest BCUT2D eigenvalue weighted by Crippen LogP contribution is -2.16. The van der Waals surface area contributed by atoms with E-state index >= 15 is 0 Å². The third kappa shape index (κ3) is 2.63. The maximum Gasteiger partial charge on any atom is 0.349 e. The molecule has 0 saturated carbocycles. The van der Waals surface area contributed by atoms with E-state index in [0.29, 0.717) is 6.61 Å². The number of carbonyl (C=O) groups excluding carboxylic acids is 1. The Morgan fingerprint density at radius 2 is 2.00 bits per heavy atom. The standard InChI is InChI=1S/C10H10O2S/c1-2-12-10(11)9(13)8-6-4-3-5-7-8/h3-7H,2H2,1H3. The Morgan fingerprint density at radius 3 is 2.54 bits per heavy atom. The minimum atomic E-state index is -0.427. The Labute approximate surface area is 82.5 Å². The largest absolute Gasteiger partial charge is 0.462 e. The zero-order chi connectivity index (χ0) is 9.68. The number of hydrogen-bond acceptors (Lipinski definition) is 3. The normalized spacial score (nSPS) is 9.31. The molecular weight excluding hydrogens is 184 g/mol. The molecule has 13 heavy (non-hydrogen) atoms. The highest BCUT2D eigenvalue weighted by atomic mass is 32.1. The van der Waals surface area contributed by atoms with E-state index in [0.717, 1.165) is 5.56 Å². The Kier molecular flexibility index (Phi) is 3.58. The summed E-state index contributed by atoms with van der Waals surface area (Å²) in [5.41, 5.74) is 0.732. The first-order valence-electron chi connectivity index (χ1n) is 4.02. The second-order valence-electron chi connectivity index (χ2n) is 2.42. The van der Waals surface area contributed by atoms with Crippen LogP contribution in [-0.4, -0.2) is 17.4 Å². The van der Waals surface area contributed by atoms with Crippen molar-refractivity contribution in [3.05, 3.63) is 35.9 Å². The molecule has 0 aliphatic heterocycles. The van der Waals surface area contributed by atoms with Crippen molar-refractivity contribution in [2.24, 2.45) is 0 Å². The molecule has 0 aliphatic carbocycles. The molecule has 1 rings (SSSR count). The highest BCUT2D eigenvalue weighted by Gasteiger charge is 2.11. The van der Waals surface area contributed by atoms with Gasteiger partial charge in [-0.25, -0.2) is 4.79 Å². The molecule has 0 aliphatic rings. The van der Waals surface area contributed by atoms with Crippen LogP contribution in [0.15, 0.2) is 30.3 Å². The Hall–Kier alpha value is -1.22. The SMILES string of the molecule is CCOC(=O)C(=S)c1ccccc1. The molecule has 0 saturated heterocycles. The van der Waals surface area contributed by atoms with E-state index in [-0.39, 0.29) is 4.86 Å². The highest BCUT2D eigenvalue weighted by Crippen LogP contribution is 2.02. The fourth-order valence-corrected chi connectivity index (χ4v) is 1.10. The van der Waals surface area contributed by atoms with Crippen LogP contribution in [0.1, 0.15) is 12.5 Å². The Morgan fingerprint density at radius 1 is 1.38 bits per heavy atom. The van der Waals surface area contributed by atoms with Gasteiger partial charge in [-0.3, -0.25) is 0 Å². The molecule has 1 aromatic rings. The number of ether oxygens (including phenoxy) is 1. The van der Waals surface area contributed by atoms with Crippen LogP contribution in [0.2, 0.25) is 0 Å². The Balaban J connectivity index is 2.74. The maximum absolute atomic E-state index is 11.2. The van der Waals surface area contributed by atoms with E-state index in [1.807, 2.05) is 18.2 Å². The summed E-state index contributed by atoms with van der Waals surface area (Å²) in [4.78, 5) is 11.4. The second kappa shape index (κ2) is 4.72. The molecule has 0 aromatic heterocycles. The summed E-state index contributed by atoms with van der Waals surface area (Å²) in [7, 11) is 0. The van der Waals surface area contributed by atoms with Crippen molar-refractivity contribution >= 4 is 23.1 Å². The van der Waals surface area contributed by atoms with Crippen LogP contribution in [0.5, 0.6) is 0 Å². The molecule has 2 nitrogen and oxygen atoms in total. The lowest BCUT2D eigenvalue weighted by molar-refractivity contribution is -0.134. The van der Waals surface area contributed by atoms with Crippen molar-refractivity contribution < 1.29 is 9.53 Å². The molecule has 0 fully saturated rings. The molecule has 0 spiro atoms. The quantitative estimate of drug-likeness (QED) is 0.418. The smallest absolute Gasteiger partial charge is 0.349 e. The lowest BCUT2D eigenvalue weighted by Gasteiger charge is -2.02. The van der Waals surface area contributed by atoms with Gasteiger partial charge in [0.1, 0.15) is 4.86 Å². The summed E-state index contributed by atoms with van der Waals surface area (Å²) in [6, 6.07) is 9.12. The van der Waals surface area contributed by atoms with Crippen LogP contribution in [0.25, 0.3) is 0 Å². The molecule has 0 N–H and O–H groups in total. The zero-order valence-electron chi connectivity index (χ0n) is 7.32. The van der Waals surface area contributed by atoms with Crippen LogP contribution in [0.3, 0.4) is 0 Å². The molecule has 1 aromatic carbocycles. The van der Waals surface area contributed by atoms with Crippen molar-refractivity contribution in [3.8, 4) is 0 Å². The van der Waals surface area contributed by atoms with E-state index in [1.165, 1.54) is 0 Å². The van der Waals surface area contributed by atoms with Gasteiger partial charge in [-0.05, 0) is 12.5 Å². The predicted octanol–water partition coefficient (Wildman–Crippen LogP) is 1.97. The van der Waals surface area contributed by atoms with E-state index in [4.69, 9.17) is 17.0 Å². The first kappa shape index (κ1) is 9.86. The number of esters is 1. The van der Waals surface area contributed by atoms with E-state index in [9.17, 15) is 4.79 Å². The van der Waals surface area contributed by atoms with Gasteiger partial charge < -0.3 is 4.74 Å². The maximum atomic E-state index is 11.2. The van der Waals surface area contributed by atoms with Gasteiger partial charge in [0.05, 0.1) is 6.61 Å². The summed E-state index contributed by atoms with van der Waals surface area (Å²) in [6.07, 6.45) is 0. The van der Waals surface area contributed by atoms with Crippen molar-refractivity contribution in [2.45, 2.75) is 6.92 Å². The van der Waals surface area contributed by atoms with Gasteiger partial charge in [0.15, 0.2) is 0 Å². The van der Waals surface area contributed by atoms with Gasteiger partial charge in [-0.15, -0.1) is 0 Å². The third-order valence-corrected chi connectivity index (χ3v) is 1.90. The van der Waals surface area contributed by atoms with Gasteiger partial charge >= 0.3 is 5.97 Å². The molecule has 0 radical (unpaired) electrons. The van der Waals surface area contributed by atoms with Gasteiger partial charge in [-0.1, -0.05) is 42.5 Å². The summed E-state index contributed by atoms with van der Waals surface area (Å²) in [5.74, 6) is -0.427. The average molecular weight is 194 g/mol. The molecule has 0 amide bonds. The van der Waals surface area contributed by atoms with Gasteiger partial charge in [-0.2, -0.15) is 0 Å². The number of thiocarbonyl (C=S) groups is 1. The summed E-state index contributed by atoms with van der Waals surface area (Å²) < 4.78 is 4.78. The number of hydrogen-bond donors (Lipinski definition) is 0. The topological polar surface area (TPSA) is 26.3 Å². The second-order valence-corrected chi connectivity index (χ2v) is 2.82. The first-order chi connectivity index (χ1) is 6.25. The zero-order valence-corrected chi connectivity index (χ0v) is 8.14. The predicted molar refractivity (Wildman–Crippen MR) is 54.8 cm³/mol. The molecule has 3 heteroatoms. The van der Waals surface area contributed by atoms with Crippen LogP contribution < -0.4 is 0 Å². The van der Waals surface area contributed by atoms with E-state index in [2.05, 4.69) is 0 Å².